The Morgan fingerprint density at radius 1 is 1.50 bits per heavy atom. The second-order valence-corrected chi connectivity index (χ2v) is 1.63. The fourth-order valence-electron chi connectivity index (χ4n) is 0.669. The molecule has 0 amide bonds. The van der Waals surface area contributed by atoms with Gasteiger partial charge in [0.25, 0.3) is 12.0 Å². The molecule has 0 aromatic heterocycles. The van der Waals surface area contributed by atoms with Crippen molar-refractivity contribution in [2.24, 2.45) is 0 Å². The molecule has 2 rings (SSSR count). The van der Waals surface area contributed by atoms with Crippen LogP contribution in [-0.2, 0) is 0 Å². The number of nitrogens with one attached hydrogen (secondary N) is 1. The van der Waals surface area contributed by atoms with Crippen LogP contribution in [0.5, 0.6) is 0 Å². The van der Waals surface area contributed by atoms with Gasteiger partial charge in [0.15, 0.2) is 0 Å². The highest BCUT2D eigenvalue weighted by molar-refractivity contribution is 5.41. The molecule has 5 heteroatoms. The number of imidazole rings is 1. The van der Waals surface area contributed by atoms with Crippen molar-refractivity contribution in [2.75, 3.05) is 0 Å². The van der Waals surface area contributed by atoms with E-state index in [1.54, 1.807) is 18.6 Å². The van der Waals surface area contributed by atoms with E-state index in [1.165, 1.54) is 0 Å². The zero-order valence-electron chi connectivity index (χ0n) is 4.91. The Bertz CT molecular complexity index is 257. The summed E-state index contributed by atoms with van der Waals surface area (Å²) >= 11 is 0. The second kappa shape index (κ2) is 2.74. The van der Waals surface area contributed by atoms with Gasteiger partial charge in [-0.3, -0.25) is 0 Å². The van der Waals surface area contributed by atoms with Gasteiger partial charge in [-0.25, -0.2) is 4.98 Å². The van der Waals surface area contributed by atoms with Crippen molar-refractivity contribution in [3.63, 3.8) is 0 Å². The zero-order valence-corrected chi connectivity index (χ0v) is 6.50. The van der Waals surface area contributed by atoms with Crippen LogP contribution < -0.4 is 22.0 Å². The average Bonchev–Trinajstić information content (AvgIpc) is 2.33. The average molecular weight is 202 g/mol. The van der Waals surface area contributed by atoms with Crippen molar-refractivity contribution < 1.29 is 26.5 Å². The molecule has 0 bridgehead atoms. The van der Waals surface area contributed by atoms with Crippen LogP contribution in [-0.4, -0.2) is 10.1 Å². The molecule has 0 fully saturated rings. The Kier molecular flexibility index (Phi) is 1.96. The molecule has 1 N–H and O–H groups in total. The molecule has 0 unspecified atom stereocenters. The Labute approximate surface area is 67.4 Å². The summed E-state index contributed by atoms with van der Waals surface area (Å²) < 4.78 is 4.78. The van der Waals surface area contributed by atoms with Crippen LogP contribution >= 0.6 is 0 Å². The van der Waals surface area contributed by atoms with Crippen LogP contribution in [0, 0.1) is 0 Å². The van der Waals surface area contributed by atoms with Crippen molar-refractivity contribution in [3.8, 4) is 11.6 Å². The van der Waals surface area contributed by atoms with Gasteiger partial charge < -0.3 is 21.5 Å². The van der Waals surface area contributed by atoms with E-state index in [-0.39, 0.29) is 17.0 Å². The number of aromatic nitrogens is 3. The first-order chi connectivity index (χ1) is 4.47. The number of halogens is 1. The topological polar surface area (TPSA) is 53.1 Å². The molecule has 4 nitrogen and oxygen atoms in total. The lowest BCUT2D eigenvalue weighted by Gasteiger charge is -1.80. The highest BCUT2D eigenvalue weighted by Gasteiger charge is 2.13. The molecule has 52 valence electrons. The van der Waals surface area contributed by atoms with Crippen molar-refractivity contribution >= 4 is 0 Å². The maximum Gasteiger partial charge on any atom is 0.362 e. The van der Waals surface area contributed by atoms with Crippen LogP contribution in [0.25, 0.3) is 11.6 Å². The van der Waals surface area contributed by atoms with Gasteiger partial charge in [0, 0.05) is 6.07 Å². The molecular weight excluding hydrogens is 198 g/mol. The number of hydrogen-bond donors (Lipinski definition) is 0. The molecule has 2 aliphatic rings. The van der Waals surface area contributed by atoms with E-state index < -0.39 is 0 Å². The van der Waals surface area contributed by atoms with Crippen LogP contribution in [0.3, 0.4) is 0 Å². The molecule has 2 aliphatic heterocycles. The molecule has 0 saturated carbocycles. The third-order valence-corrected chi connectivity index (χ3v) is 1.07. The Hall–Kier alpha value is -0.970. The van der Waals surface area contributed by atoms with Gasteiger partial charge in [0.2, 0.25) is 0 Å². The Balaban J connectivity index is 0.000000500. The van der Waals surface area contributed by atoms with Gasteiger partial charge >= 0.3 is 5.89 Å². The van der Waals surface area contributed by atoms with E-state index in [9.17, 15) is 0 Å². The van der Waals surface area contributed by atoms with Crippen LogP contribution in [0.15, 0.2) is 23.1 Å². The number of rotatable bonds is 0. The highest BCUT2D eigenvalue weighted by atomic mass is 79.9. The van der Waals surface area contributed by atoms with Gasteiger partial charge in [-0.05, 0) is 4.98 Å². The third kappa shape index (κ3) is 0.995. The monoisotopic (exact) mass is 201 g/mol. The summed E-state index contributed by atoms with van der Waals surface area (Å²) in [7, 11) is 0. The Morgan fingerprint density at radius 3 is 3.20 bits per heavy atom. The first kappa shape index (κ1) is 7.14. The predicted octanol–water partition coefficient (Wildman–Crippen LogP) is -3.01. The molecule has 0 aromatic rings. The van der Waals surface area contributed by atoms with Gasteiger partial charge in [0.1, 0.15) is 0 Å². The van der Waals surface area contributed by atoms with Crippen molar-refractivity contribution in [2.45, 2.75) is 0 Å². The first-order valence-corrected chi connectivity index (χ1v) is 2.54. The van der Waals surface area contributed by atoms with E-state index >= 15 is 0 Å². The minimum atomic E-state index is 0. The minimum absolute atomic E-state index is 0. The SMILES string of the molecule is [Br-].c1cc2nc[nH+]c-2on1. The minimum Gasteiger partial charge on any atom is -1.00 e. The van der Waals surface area contributed by atoms with E-state index in [2.05, 4.69) is 15.1 Å². The number of H-pyrrole nitrogens is 1. The molecular formula is C5H4BrN3O. The van der Waals surface area contributed by atoms with E-state index in [1.807, 2.05) is 0 Å². The number of nitrogens with zero attached hydrogens (tertiary/aromatic N) is 2. The van der Waals surface area contributed by atoms with Gasteiger partial charge in [-0.15, -0.1) is 0 Å². The summed E-state index contributed by atoms with van der Waals surface area (Å²) in [6, 6.07) is 1.77. The molecule has 0 aliphatic carbocycles. The lowest BCUT2D eigenvalue weighted by atomic mass is 10.4. The molecule has 2 heterocycles. The maximum atomic E-state index is 4.78. The second-order valence-electron chi connectivity index (χ2n) is 1.63. The van der Waals surface area contributed by atoms with E-state index in [0.717, 1.165) is 5.69 Å². The quantitative estimate of drug-likeness (QED) is 0.457. The largest absolute Gasteiger partial charge is 1.00 e. The fraction of sp³-hybridized carbons (Fsp3) is 0. The van der Waals surface area contributed by atoms with Crippen molar-refractivity contribution in [1.29, 1.82) is 0 Å². The summed E-state index contributed by atoms with van der Waals surface area (Å²) in [5.41, 5.74) is 0.796. The fourth-order valence-corrected chi connectivity index (χ4v) is 0.669. The van der Waals surface area contributed by atoms with E-state index in [4.69, 9.17) is 4.52 Å². The molecule has 0 aromatic carbocycles. The Morgan fingerprint density at radius 2 is 2.40 bits per heavy atom. The maximum absolute atomic E-state index is 4.78. The molecule has 10 heavy (non-hydrogen) atoms. The normalized spacial score (nSPS) is 9.20. The highest BCUT2D eigenvalue weighted by Crippen LogP contribution is 2.08. The van der Waals surface area contributed by atoms with Crippen LogP contribution in [0.1, 0.15) is 0 Å². The molecule has 0 atom stereocenters. The van der Waals surface area contributed by atoms with Gasteiger partial charge in [0.05, 0.1) is 6.20 Å². The molecule has 0 spiro atoms. The van der Waals surface area contributed by atoms with Gasteiger partial charge in [-0.1, -0.05) is 5.16 Å². The summed E-state index contributed by atoms with van der Waals surface area (Å²) in [6.07, 6.45) is 3.12. The number of fused-ring (bicyclic) bond motifs is 1. The van der Waals surface area contributed by atoms with Crippen LogP contribution in [0.2, 0.25) is 0 Å². The first-order valence-electron chi connectivity index (χ1n) is 2.54. The zero-order chi connectivity index (χ0) is 6.10. The summed E-state index contributed by atoms with van der Waals surface area (Å²) in [6.45, 7) is 0. The third-order valence-electron chi connectivity index (χ3n) is 1.07. The van der Waals surface area contributed by atoms with E-state index in [0.29, 0.717) is 5.89 Å². The lowest BCUT2D eigenvalue weighted by molar-refractivity contribution is -0.378. The summed E-state index contributed by atoms with van der Waals surface area (Å²) in [5, 5.41) is 3.54. The lowest BCUT2D eigenvalue weighted by Crippen LogP contribution is -3.00. The number of aromatic amines is 1. The number of hydrogen-bond acceptors (Lipinski definition) is 3. The molecule has 0 saturated heterocycles. The summed E-state index contributed by atoms with van der Waals surface area (Å²) in [5.74, 6) is 0.609. The predicted molar refractivity (Wildman–Crippen MR) is 27.5 cm³/mol. The van der Waals surface area contributed by atoms with Crippen LogP contribution in [0.4, 0.5) is 0 Å². The van der Waals surface area contributed by atoms with Crippen molar-refractivity contribution in [3.05, 3.63) is 18.6 Å². The standard InChI is InChI=1S/C5H3N3O.BrH/c1-2-8-9-5-4(1)6-3-7-5;/h1-3H;1H. The smallest absolute Gasteiger partial charge is 0.362 e. The van der Waals surface area contributed by atoms with Crippen molar-refractivity contribution in [1.82, 2.24) is 10.1 Å². The van der Waals surface area contributed by atoms with Gasteiger partial charge in [-0.2, -0.15) is 0 Å². The summed E-state index contributed by atoms with van der Waals surface area (Å²) in [4.78, 5) is 6.71. The molecule has 0 radical (unpaired) electrons.